The van der Waals surface area contributed by atoms with Gasteiger partial charge in [0.05, 0.1) is 5.92 Å². The fraction of sp³-hybridized carbons (Fsp3) is 0.611. The van der Waals surface area contributed by atoms with Crippen LogP contribution >= 0.6 is 0 Å². The number of nitrogens with zero attached hydrogens (tertiary/aromatic N) is 1. The summed E-state index contributed by atoms with van der Waals surface area (Å²) < 4.78 is 0. The number of carbonyl (C=O) groups is 1. The second kappa shape index (κ2) is 7.60. The van der Waals surface area contributed by atoms with Gasteiger partial charge in [-0.05, 0) is 43.9 Å². The topological polar surface area (TPSA) is 40.5 Å². The number of benzene rings is 1. The zero-order valence-corrected chi connectivity index (χ0v) is 13.2. The fourth-order valence-corrected chi connectivity index (χ4v) is 3.22. The number of carboxylic acids is 1. The molecule has 116 valence electrons. The maximum absolute atomic E-state index is 11.0. The zero-order valence-electron chi connectivity index (χ0n) is 13.2. The number of hydrogen-bond acceptors (Lipinski definition) is 2. The average molecular weight is 289 g/mol. The van der Waals surface area contributed by atoms with E-state index in [0.29, 0.717) is 0 Å². The minimum absolute atomic E-state index is 0.429. The van der Waals surface area contributed by atoms with Gasteiger partial charge in [0, 0.05) is 12.6 Å². The first-order valence-corrected chi connectivity index (χ1v) is 8.17. The molecule has 2 rings (SSSR count). The van der Waals surface area contributed by atoms with Gasteiger partial charge >= 0.3 is 5.97 Å². The van der Waals surface area contributed by atoms with Crippen molar-refractivity contribution in [1.82, 2.24) is 4.90 Å². The third-order valence-corrected chi connectivity index (χ3v) is 4.61. The molecule has 3 heteroatoms. The van der Waals surface area contributed by atoms with Crippen LogP contribution in [0.25, 0.3) is 0 Å². The van der Waals surface area contributed by atoms with E-state index >= 15 is 0 Å². The first-order chi connectivity index (χ1) is 10.1. The van der Waals surface area contributed by atoms with Crippen molar-refractivity contribution in [2.45, 2.75) is 64.5 Å². The predicted molar refractivity (Wildman–Crippen MR) is 85.4 cm³/mol. The Morgan fingerprint density at radius 1 is 1.33 bits per heavy atom. The Morgan fingerprint density at radius 2 is 2.05 bits per heavy atom. The highest BCUT2D eigenvalue weighted by molar-refractivity contribution is 5.75. The van der Waals surface area contributed by atoms with Gasteiger partial charge in [0.2, 0.25) is 0 Å². The van der Waals surface area contributed by atoms with Gasteiger partial charge in [-0.1, -0.05) is 44.0 Å². The van der Waals surface area contributed by atoms with Crippen LogP contribution in [-0.2, 0) is 11.3 Å². The number of likely N-dealkylation sites (tertiary alicyclic amines) is 1. The van der Waals surface area contributed by atoms with Crippen molar-refractivity contribution in [2.24, 2.45) is 0 Å². The molecule has 1 heterocycles. The van der Waals surface area contributed by atoms with Crippen molar-refractivity contribution in [3.63, 3.8) is 0 Å². The van der Waals surface area contributed by atoms with Crippen molar-refractivity contribution < 1.29 is 9.90 Å². The quantitative estimate of drug-likeness (QED) is 0.859. The van der Waals surface area contributed by atoms with Crippen LogP contribution in [0.4, 0.5) is 0 Å². The molecule has 2 unspecified atom stereocenters. The molecule has 1 aliphatic heterocycles. The van der Waals surface area contributed by atoms with E-state index in [1.165, 1.54) is 44.2 Å². The van der Waals surface area contributed by atoms with Crippen molar-refractivity contribution in [3.8, 4) is 0 Å². The Bertz CT molecular complexity index is 453. The lowest BCUT2D eigenvalue weighted by Gasteiger charge is -2.35. The third-order valence-electron chi connectivity index (χ3n) is 4.61. The molecule has 1 saturated heterocycles. The Hall–Kier alpha value is -1.35. The summed E-state index contributed by atoms with van der Waals surface area (Å²) in [5.74, 6) is -1.19. The normalized spacial score (nSPS) is 21.1. The summed E-state index contributed by atoms with van der Waals surface area (Å²) >= 11 is 0. The van der Waals surface area contributed by atoms with Crippen molar-refractivity contribution in [3.05, 3.63) is 35.4 Å². The molecule has 1 aromatic rings. The summed E-state index contributed by atoms with van der Waals surface area (Å²) in [6.45, 7) is 6.18. The van der Waals surface area contributed by atoms with Crippen molar-refractivity contribution >= 4 is 5.97 Å². The standard InChI is InChI=1S/C18H27NO2/c1-3-6-17-7-4-5-12-19(17)13-15-8-10-16(11-9-15)14(2)18(20)21/h8-11,14,17H,3-7,12-13H2,1-2H3,(H,20,21). The summed E-state index contributed by atoms with van der Waals surface area (Å²) in [4.78, 5) is 13.6. The lowest BCUT2D eigenvalue weighted by molar-refractivity contribution is -0.138. The minimum Gasteiger partial charge on any atom is -0.481 e. The van der Waals surface area contributed by atoms with Crippen LogP contribution in [-0.4, -0.2) is 28.6 Å². The van der Waals surface area contributed by atoms with Crippen molar-refractivity contribution in [1.29, 1.82) is 0 Å². The molecule has 1 fully saturated rings. The number of piperidine rings is 1. The fourth-order valence-electron chi connectivity index (χ4n) is 3.22. The molecule has 21 heavy (non-hydrogen) atoms. The summed E-state index contributed by atoms with van der Waals surface area (Å²) in [6, 6.07) is 8.83. The molecule has 0 amide bonds. The molecule has 1 N–H and O–H groups in total. The van der Waals surface area contributed by atoms with Gasteiger partial charge in [-0.3, -0.25) is 9.69 Å². The number of aliphatic carboxylic acids is 1. The van der Waals surface area contributed by atoms with Crippen LogP contribution in [0.1, 0.15) is 63.0 Å². The van der Waals surface area contributed by atoms with E-state index in [4.69, 9.17) is 5.11 Å². The average Bonchev–Trinajstić information content (AvgIpc) is 2.49. The highest BCUT2D eigenvalue weighted by Crippen LogP contribution is 2.23. The molecule has 1 aliphatic rings. The molecular formula is C18H27NO2. The molecule has 0 radical (unpaired) electrons. The van der Waals surface area contributed by atoms with E-state index in [1.54, 1.807) is 6.92 Å². The van der Waals surface area contributed by atoms with E-state index in [2.05, 4.69) is 24.0 Å². The van der Waals surface area contributed by atoms with Crippen LogP contribution in [0.5, 0.6) is 0 Å². The van der Waals surface area contributed by atoms with Gasteiger partial charge in [0.1, 0.15) is 0 Å². The minimum atomic E-state index is -0.762. The lowest BCUT2D eigenvalue weighted by Crippen LogP contribution is -2.38. The Labute approximate surface area is 128 Å². The highest BCUT2D eigenvalue weighted by Gasteiger charge is 2.21. The Kier molecular flexibility index (Phi) is 5.80. The summed E-state index contributed by atoms with van der Waals surface area (Å²) in [6.07, 6.45) is 6.51. The highest BCUT2D eigenvalue weighted by atomic mass is 16.4. The van der Waals surface area contributed by atoms with Gasteiger partial charge in [-0.2, -0.15) is 0 Å². The third kappa shape index (κ3) is 4.31. The van der Waals surface area contributed by atoms with Gasteiger partial charge in [0.15, 0.2) is 0 Å². The van der Waals surface area contributed by atoms with Gasteiger partial charge < -0.3 is 5.11 Å². The summed E-state index contributed by atoms with van der Waals surface area (Å²) in [5.41, 5.74) is 2.18. The summed E-state index contributed by atoms with van der Waals surface area (Å²) in [7, 11) is 0. The number of hydrogen-bond donors (Lipinski definition) is 1. The second-order valence-electron chi connectivity index (χ2n) is 6.21. The molecular weight excluding hydrogens is 262 g/mol. The molecule has 0 aromatic heterocycles. The van der Waals surface area contributed by atoms with Gasteiger partial charge in [0.25, 0.3) is 0 Å². The molecule has 3 nitrogen and oxygen atoms in total. The first-order valence-electron chi connectivity index (χ1n) is 8.17. The smallest absolute Gasteiger partial charge is 0.310 e. The van der Waals surface area contributed by atoms with Crippen LogP contribution < -0.4 is 0 Å². The lowest BCUT2D eigenvalue weighted by atomic mass is 9.96. The maximum Gasteiger partial charge on any atom is 0.310 e. The van der Waals surface area contributed by atoms with E-state index in [1.807, 2.05) is 12.1 Å². The Balaban J connectivity index is 2.00. The molecule has 0 bridgehead atoms. The molecule has 0 aliphatic carbocycles. The summed E-state index contributed by atoms with van der Waals surface area (Å²) in [5, 5.41) is 9.05. The van der Waals surface area contributed by atoms with Gasteiger partial charge in [-0.15, -0.1) is 0 Å². The van der Waals surface area contributed by atoms with E-state index < -0.39 is 11.9 Å². The van der Waals surface area contributed by atoms with Gasteiger partial charge in [-0.25, -0.2) is 0 Å². The van der Waals surface area contributed by atoms with Crippen LogP contribution in [0.2, 0.25) is 0 Å². The van der Waals surface area contributed by atoms with E-state index in [-0.39, 0.29) is 0 Å². The predicted octanol–water partition coefficient (Wildman–Crippen LogP) is 4.03. The van der Waals surface area contributed by atoms with Crippen LogP contribution in [0.3, 0.4) is 0 Å². The Morgan fingerprint density at radius 3 is 2.67 bits per heavy atom. The zero-order chi connectivity index (χ0) is 15.2. The number of carboxylic acid groups (broad SMARTS) is 1. The number of rotatable bonds is 6. The second-order valence-corrected chi connectivity index (χ2v) is 6.21. The molecule has 0 saturated carbocycles. The van der Waals surface area contributed by atoms with Crippen LogP contribution in [0.15, 0.2) is 24.3 Å². The van der Waals surface area contributed by atoms with Crippen molar-refractivity contribution in [2.75, 3.05) is 6.54 Å². The monoisotopic (exact) mass is 289 g/mol. The van der Waals surface area contributed by atoms with E-state index in [0.717, 1.165) is 18.2 Å². The van der Waals surface area contributed by atoms with E-state index in [9.17, 15) is 4.79 Å². The maximum atomic E-state index is 11.0. The van der Waals surface area contributed by atoms with Crippen LogP contribution in [0, 0.1) is 0 Å². The SMILES string of the molecule is CCCC1CCCCN1Cc1ccc(C(C)C(=O)O)cc1. The molecule has 2 atom stereocenters. The molecule has 1 aromatic carbocycles. The largest absolute Gasteiger partial charge is 0.481 e. The molecule has 0 spiro atoms. The first kappa shape index (κ1) is 16.0.